The Bertz CT molecular complexity index is 477. The van der Waals surface area contributed by atoms with Gasteiger partial charge in [0.25, 0.3) is 0 Å². The van der Waals surface area contributed by atoms with Crippen LogP contribution in [-0.2, 0) is 17.8 Å². The number of nitrogens with zero attached hydrogens (tertiary/aromatic N) is 4. The molecule has 1 unspecified atom stereocenters. The van der Waals surface area contributed by atoms with Crippen molar-refractivity contribution in [3.8, 4) is 0 Å². The zero-order chi connectivity index (χ0) is 12.2. The van der Waals surface area contributed by atoms with Crippen LogP contribution < -0.4 is 5.32 Å². The van der Waals surface area contributed by atoms with E-state index in [2.05, 4.69) is 20.0 Å². The molecule has 0 aromatic carbocycles. The van der Waals surface area contributed by atoms with Crippen molar-refractivity contribution in [1.82, 2.24) is 19.4 Å². The molecular weight excluding hydrogens is 250 g/mol. The Morgan fingerprint density at radius 3 is 3.33 bits per heavy atom. The first-order valence-electron chi connectivity index (χ1n) is 6.04. The Hall–Kier alpha value is -1.47. The third-order valence-electron chi connectivity index (χ3n) is 2.93. The van der Waals surface area contributed by atoms with Crippen molar-refractivity contribution in [3.63, 3.8) is 0 Å². The maximum atomic E-state index is 5.59. The van der Waals surface area contributed by atoms with Gasteiger partial charge in [0.15, 0.2) is 0 Å². The fraction of sp³-hybridized carbons (Fsp3) is 0.545. The van der Waals surface area contributed by atoms with E-state index in [4.69, 9.17) is 4.74 Å². The lowest BCUT2D eigenvalue weighted by molar-refractivity contribution is 0.0940. The molecule has 2 aromatic rings. The lowest BCUT2D eigenvalue weighted by Gasteiger charge is -2.08. The molecule has 0 saturated carbocycles. The van der Waals surface area contributed by atoms with E-state index < -0.39 is 0 Å². The number of nitrogens with one attached hydrogen (secondary N) is 1. The topological polar surface area (TPSA) is 64.9 Å². The van der Waals surface area contributed by atoms with Crippen molar-refractivity contribution in [2.24, 2.45) is 0 Å². The molecule has 96 valence electrons. The van der Waals surface area contributed by atoms with E-state index in [-0.39, 0.29) is 0 Å². The van der Waals surface area contributed by atoms with Crippen LogP contribution in [0.5, 0.6) is 0 Å². The van der Waals surface area contributed by atoms with Gasteiger partial charge in [-0.25, -0.2) is 0 Å². The van der Waals surface area contributed by atoms with Gasteiger partial charge in [-0.1, -0.05) is 4.49 Å². The summed E-state index contributed by atoms with van der Waals surface area (Å²) in [5.74, 6) is 0. The van der Waals surface area contributed by atoms with E-state index in [1.807, 2.05) is 22.5 Å². The summed E-state index contributed by atoms with van der Waals surface area (Å²) in [6.07, 6.45) is 6.44. The van der Waals surface area contributed by atoms with E-state index >= 15 is 0 Å². The molecule has 1 fully saturated rings. The lowest BCUT2D eigenvalue weighted by Crippen LogP contribution is -2.15. The maximum Gasteiger partial charge on any atom is 0.0946 e. The summed E-state index contributed by atoms with van der Waals surface area (Å²) in [5.41, 5.74) is 1.95. The number of ether oxygens (including phenoxy) is 1. The van der Waals surface area contributed by atoms with Crippen molar-refractivity contribution in [3.05, 3.63) is 23.5 Å². The standard InChI is InChI=1S/C11H15N5OS/c1-2-11(17-3-1)7-16-6-9(5-13-16)12-4-10-8-18-15-14-10/h5-6,8,11-12H,1-4,7H2. The summed E-state index contributed by atoms with van der Waals surface area (Å²) >= 11 is 1.36. The minimum Gasteiger partial charge on any atom is -0.377 e. The summed E-state index contributed by atoms with van der Waals surface area (Å²) in [5, 5.41) is 13.5. The largest absolute Gasteiger partial charge is 0.377 e. The molecule has 3 rings (SSSR count). The number of rotatable bonds is 5. The molecule has 0 bridgehead atoms. The first-order valence-corrected chi connectivity index (χ1v) is 6.88. The van der Waals surface area contributed by atoms with Crippen LogP contribution in [0.3, 0.4) is 0 Å². The SMILES string of the molecule is c1nn(CC2CCCO2)cc1NCc1csnn1. The van der Waals surface area contributed by atoms with Gasteiger partial charge in [-0.3, -0.25) is 4.68 Å². The quantitative estimate of drug-likeness (QED) is 0.888. The van der Waals surface area contributed by atoms with Crippen molar-refractivity contribution in [1.29, 1.82) is 0 Å². The molecule has 1 N–H and O–H groups in total. The summed E-state index contributed by atoms with van der Waals surface area (Å²) in [6, 6.07) is 0. The molecule has 0 amide bonds. The van der Waals surface area contributed by atoms with Gasteiger partial charge in [-0.2, -0.15) is 5.10 Å². The normalized spacial score (nSPS) is 19.2. The molecule has 0 spiro atoms. The molecule has 1 atom stereocenters. The second-order valence-corrected chi connectivity index (χ2v) is 4.95. The number of aromatic nitrogens is 4. The first-order chi connectivity index (χ1) is 8.90. The zero-order valence-electron chi connectivity index (χ0n) is 9.95. The van der Waals surface area contributed by atoms with Crippen molar-refractivity contribution < 1.29 is 4.74 Å². The van der Waals surface area contributed by atoms with Crippen LogP contribution in [0, 0.1) is 0 Å². The van der Waals surface area contributed by atoms with Gasteiger partial charge in [0.2, 0.25) is 0 Å². The van der Waals surface area contributed by atoms with Crippen LogP contribution >= 0.6 is 11.5 Å². The smallest absolute Gasteiger partial charge is 0.0946 e. The minimum absolute atomic E-state index is 0.320. The van der Waals surface area contributed by atoms with E-state index in [1.165, 1.54) is 11.5 Å². The lowest BCUT2D eigenvalue weighted by atomic mass is 10.2. The molecule has 0 radical (unpaired) electrons. The van der Waals surface area contributed by atoms with Crippen LogP contribution in [0.2, 0.25) is 0 Å². The second-order valence-electron chi connectivity index (χ2n) is 4.34. The minimum atomic E-state index is 0.320. The van der Waals surface area contributed by atoms with E-state index in [1.54, 1.807) is 0 Å². The van der Waals surface area contributed by atoms with Gasteiger partial charge < -0.3 is 10.1 Å². The molecular formula is C11H15N5OS. The van der Waals surface area contributed by atoms with Crippen LogP contribution in [0.1, 0.15) is 18.5 Å². The highest BCUT2D eigenvalue weighted by Crippen LogP contribution is 2.15. The van der Waals surface area contributed by atoms with Gasteiger partial charge in [0.05, 0.1) is 36.8 Å². The molecule has 0 aliphatic carbocycles. The molecule has 7 heteroatoms. The van der Waals surface area contributed by atoms with Crippen LogP contribution in [0.15, 0.2) is 17.8 Å². The predicted octanol–water partition coefficient (Wildman–Crippen LogP) is 1.53. The van der Waals surface area contributed by atoms with Crippen LogP contribution in [0.4, 0.5) is 5.69 Å². The molecule has 2 aromatic heterocycles. The van der Waals surface area contributed by atoms with Crippen molar-refractivity contribution in [2.75, 3.05) is 11.9 Å². The summed E-state index contributed by atoms with van der Waals surface area (Å²) in [7, 11) is 0. The highest BCUT2D eigenvalue weighted by Gasteiger charge is 2.16. The van der Waals surface area contributed by atoms with Gasteiger partial charge in [-0.15, -0.1) is 5.10 Å². The third-order valence-corrected chi connectivity index (χ3v) is 3.48. The number of hydrogen-bond acceptors (Lipinski definition) is 6. The molecule has 1 aliphatic heterocycles. The van der Waals surface area contributed by atoms with Crippen LogP contribution in [0.25, 0.3) is 0 Å². The molecule has 1 saturated heterocycles. The average Bonchev–Trinajstić information content (AvgIpc) is 3.09. The average molecular weight is 265 g/mol. The Labute approximate surface area is 109 Å². The number of hydrogen-bond donors (Lipinski definition) is 1. The molecule has 18 heavy (non-hydrogen) atoms. The number of anilines is 1. The fourth-order valence-corrected chi connectivity index (χ4v) is 2.46. The maximum absolute atomic E-state index is 5.59. The molecule has 3 heterocycles. The van der Waals surface area contributed by atoms with Gasteiger partial charge >= 0.3 is 0 Å². The summed E-state index contributed by atoms with van der Waals surface area (Å²) in [6.45, 7) is 2.40. The van der Waals surface area contributed by atoms with Crippen molar-refractivity contribution in [2.45, 2.75) is 32.0 Å². The zero-order valence-corrected chi connectivity index (χ0v) is 10.8. The summed E-state index contributed by atoms with van der Waals surface area (Å²) < 4.78 is 11.3. The second kappa shape index (κ2) is 5.45. The van der Waals surface area contributed by atoms with Crippen LogP contribution in [-0.4, -0.2) is 32.1 Å². The molecule has 6 nitrogen and oxygen atoms in total. The summed E-state index contributed by atoms with van der Waals surface area (Å²) in [4.78, 5) is 0. The fourth-order valence-electron chi connectivity index (χ4n) is 2.01. The monoisotopic (exact) mass is 265 g/mol. The highest BCUT2D eigenvalue weighted by atomic mass is 32.1. The molecule has 1 aliphatic rings. The van der Waals surface area contributed by atoms with Gasteiger partial charge in [0.1, 0.15) is 0 Å². The van der Waals surface area contributed by atoms with Gasteiger partial charge in [0, 0.05) is 18.2 Å². The van der Waals surface area contributed by atoms with E-state index in [0.29, 0.717) is 12.6 Å². The predicted molar refractivity (Wildman–Crippen MR) is 68.4 cm³/mol. The van der Waals surface area contributed by atoms with Gasteiger partial charge in [-0.05, 0) is 24.4 Å². The Morgan fingerprint density at radius 1 is 1.56 bits per heavy atom. The first kappa shape index (κ1) is 11.6. The van der Waals surface area contributed by atoms with E-state index in [9.17, 15) is 0 Å². The highest BCUT2D eigenvalue weighted by molar-refractivity contribution is 7.03. The Morgan fingerprint density at radius 2 is 2.56 bits per heavy atom. The van der Waals surface area contributed by atoms with E-state index in [0.717, 1.165) is 37.4 Å². The van der Waals surface area contributed by atoms with Crippen molar-refractivity contribution >= 4 is 17.2 Å². The Balaban J connectivity index is 1.52. The third kappa shape index (κ3) is 2.85. The Kier molecular flexibility index (Phi) is 3.51.